The molecule has 196 valence electrons. The van der Waals surface area contributed by atoms with Gasteiger partial charge in [0.25, 0.3) is 0 Å². The molecular formula is C36H46O. The van der Waals surface area contributed by atoms with E-state index in [4.69, 9.17) is 0 Å². The standard InChI is InChI=1S/C36H46O/c1-25(14-16-30(26-10-6-4-7-11-26)27-12-8-5-9-13-27)32-18-19-33-31-17-15-28-24-29(37)20-22-35(28,2)34(31)21-23-36(32,33)3/h4-13,15-16,25,29,31-34,37H,14,17-24H2,1-3H3/t25-,29+,31-,32-,33-,34+,35+,36-/m1/s1. The van der Waals surface area contributed by atoms with Crippen molar-refractivity contribution in [2.24, 2.45) is 40.4 Å². The fraction of sp³-hybridized carbons (Fsp3) is 0.556. The molecule has 1 heteroatoms. The predicted octanol–water partition coefficient (Wildman–Crippen LogP) is 9.08. The number of rotatable bonds is 5. The Balaban J connectivity index is 1.22. The zero-order chi connectivity index (χ0) is 25.6. The number of hydrogen-bond acceptors (Lipinski definition) is 1. The SMILES string of the molecule is C[C@H](CC=C(c1ccccc1)c1ccccc1)[C@H]1CC[C@@H]2[C@H]3CC=C4C[C@@H](O)CC[C@]4(C)[C@H]3CC[C@@]21C. The van der Waals surface area contributed by atoms with E-state index in [1.807, 2.05) is 0 Å². The van der Waals surface area contributed by atoms with Gasteiger partial charge in [-0.1, -0.05) is 99.2 Å². The molecule has 6 rings (SSSR count). The molecular weight excluding hydrogens is 448 g/mol. The number of aliphatic hydroxyl groups excluding tert-OH is 1. The predicted molar refractivity (Wildman–Crippen MR) is 155 cm³/mol. The molecule has 0 aromatic heterocycles. The number of hydrogen-bond donors (Lipinski definition) is 1. The Kier molecular flexibility index (Phi) is 6.72. The minimum atomic E-state index is -0.105. The van der Waals surface area contributed by atoms with Crippen LogP contribution in [0.25, 0.3) is 5.57 Å². The highest BCUT2D eigenvalue weighted by Gasteiger charge is 2.59. The van der Waals surface area contributed by atoms with Crippen LogP contribution < -0.4 is 0 Å². The van der Waals surface area contributed by atoms with E-state index in [-0.39, 0.29) is 6.10 Å². The van der Waals surface area contributed by atoms with Crippen molar-refractivity contribution < 1.29 is 5.11 Å². The van der Waals surface area contributed by atoms with Gasteiger partial charge in [-0.2, -0.15) is 0 Å². The Hall–Kier alpha value is -2.12. The minimum Gasteiger partial charge on any atom is -0.393 e. The van der Waals surface area contributed by atoms with Crippen molar-refractivity contribution in [2.45, 2.75) is 84.7 Å². The van der Waals surface area contributed by atoms with Gasteiger partial charge in [-0.05, 0) is 115 Å². The van der Waals surface area contributed by atoms with Crippen molar-refractivity contribution in [1.82, 2.24) is 0 Å². The highest BCUT2D eigenvalue weighted by Crippen LogP contribution is 2.67. The third kappa shape index (κ3) is 4.36. The first-order chi connectivity index (χ1) is 17.9. The van der Waals surface area contributed by atoms with Crippen molar-refractivity contribution in [1.29, 1.82) is 0 Å². The van der Waals surface area contributed by atoms with Gasteiger partial charge in [0.1, 0.15) is 0 Å². The summed E-state index contributed by atoms with van der Waals surface area (Å²) in [5.41, 5.74) is 6.45. The highest BCUT2D eigenvalue weighted by atomic mass is 16.3. The first-order valence-electron chi connectivity index (χ1n) is 15.1. The number of allylic oxidation sites excluding steroid dienone is 2. The summed E-state index contributed by atoms with van der Waals surface area (Å²) in [5, 5.41) is 10.3. The van der Waals surface area contributed by atoms with Crippen LogP contribution in [0.1, 0.15) is 89.7 Å². The lowest BCUT2D eigenvalue weighted by atomic mass is 9.47. The Labute approximate surface area is 225 Å². The van der Waals surface area contributed by atoms with E-state index in [1.54, 1.807) is 5.57 Å². The Morgan fingerprint density at radius 1 is 0.892 bits per heavy atom. The Bertz CT molecular complexity index is 1100. The van der Waals surface area contributed by atoms with Crippen LogP contribution in [0.4, 0.5) is 0 Å². The summed E-state index contributed by atoms with van der Waals surface area (Å²) in [7, 11) is 0. The molecule has 0 saturated heterocycles. The van der Waals surface area contributed by atoms with Crippen LogP contribution >= 0.6 is 0 Å². The van der Waals surface area contributed by atoms with Crippen LogP contribution in [0.5, 0.6) is 0 Å². The van der Waals surface area contributed by atoms with Gasteiger partial charge in [0.15, 0.2) is 0 Å². The van der Waals surface area contributed by atoms with E-state index in [1.165, 1.54) is 55.2 Å². The molecule has 0 bridgehead atoms. The minimum absolute atomic E-state index is 0.105. The first-order valence-corrected chi connectivity index (χ1v) is 15.1. The Morgan fingerprint density at radius 2 is 1.57 bits per heavy atom. The van der Waals surface area contributed by atoms with Crippen LogP contribution in [-0.2, 0) is 0 Å². The van der Waals surface area contributed by atoms with E-state index < -0.39 is 0 Å². The summed E-state index contributed by atoms with van der Waals surface area (Å²) in [6, 6.07) is 21.9. The molecule has 0 unspecified atom stereocenters. The van der Waals surface area contributed by atoms with Crippen molar-refractivity contribution in [3.05, 3.63) is 89.5 Å². The molecule has 0 spiro atoms. The zero-order valence-corrected chi connectivity index (χ0v) is 23.2. The van der Waals surface area contributed by atoms with E-state index in [0.717, 1.165) is 42.9 Å². The topological polar surface area (TPSA) is 20.2 Å². The number of aliphatic hydroxyl groups is 1. The molecule has 1 N–H and O–H groups in total. The summed E-state index contributed by atoms with van der Waals surface area (Å²) in [5.74, 6) is 4.05. The second-order valence-corrected chi connectivity index (χ2v) is 13.4. The van der Waals surface area contributed by atoms with Crippen molar-refractivity contribution in [3.8, 4) is 0 Å². The first kappa shape index (κ1) is 25.2. The largest absolute Gasteiger partial charge is 0.393 e. The van der Waals surface area contributed by atoms with E-state index in [0.29, 0.717) is 16.7 Å². The molecule has 0 aliphatic heterocycles. The lowest BCUT2D eigenvalue weighted by Crippen LogP contribution is -2.50. The summed E-state index contributed by atoms with van der Waals surface area (Å²) in [4.78, 5) is 0. The van der Waals surface area contributed by atoms with Gasteiger partial charge in [-0.25, -0.2) is 0 Å². The molecule has 2 aromatic rings. The van der Waals surface area contributed by atoms with Crippen molar-refractivity contribution in [3.63, 3.8) is 0 Å². The fourth-order valence-corrected chi connectivity index (χ4v) is 9.72. The lowest BCUT2D eigenvalue weighted by molar-refractivity contribution is -0.0565. The quantitative estimate of drug-likeness (QED) is 0.411. The molecule has 8 atom stereocenters. The van der Waals surface area contributed by atoms with Gasteiger partial charge in [-0.15, -0.1) is 0 Å². The molecule has 0 radical (unpaired) electrons. The number of fused-ring (bicyclic) bond motifs is 5. The third-order valence-corrected chi connectivity index (χ3v) is 11.7. The summed E-state index contributed by atoms with van der Waals surface area (Å²) < 4.78 is 0. The van der Waals surface area contributed by atoms with Crippen LogP contribution in [0.2, 0.25) is 0 Å². The van der Waals surface area contributed by atoms with E-state index >= 15 is 0 Å². The van der Waals surface area contributed by atoms with Gasteiger partial charge in [0, 0.05) is 0 Å². The lowest BCUT2D eigenvalue weighted by Gasteiger charge is -2.58. The molecule has 1 nitrogen and oxygen atoms in total. The summed E-state index contributed by atoms with van der Waals surface area (Å²) in [6.45, 7) is 7.77. The van der Waals surface area contributed by atoms with E-state index in [9.17, 15) is 5.11 Å². The van der Waals surface area contributed by atoms with Gasteiger partial charge in [0.2, 0.25) is 0 Å². The second kappa shape index (κ2) is 9.88. The summed E-state index contributed by atoms with van der Waals surface area (Å²) in [6.07, 6.45) is 16.2. The maximum Gasteiger partial charge on any atom is 0.0577 e. The molecule has 4 aliphatic rings. The average Bonchev–Trinajstić information content (AvgIpc) is 3.28. The highest BCUT2D eigenvalue weighted by molar-refractivity contribution is 5.79. The average molecular weight is 495 g/mol. The van der Waals surface area contributed by atoms with Crippen LogP contribution in [0, 0.1) is 40.4 Å². The van der Waals surface area contributed by atoms with Gasteiger partial charge >= 0.3 is 0 Å². The van der Waals surface area contributed by atoms with Crippen LogP contribution in [0.15, 0.2) is 78.4 Å². The Morgan fingerprint density at radius 3 is 2.24 bits per heavy atom. The van der Waals surface area contributed by atoms with Crippen LogP contribution in [-0.4, -0.2) is 11.2 Å². The normalized spacial score (nSPS) is 37.5. The van der Waals surface area contributed by atoms with Crippen LogP contribution in [0.3, 0.4) is 0 Å². The molecule has 2 aromatic carbocycles. The van der Waals surface area contributed by atoms with Gasteiger partial charge < -0.3 is 5.11 Å². The molecule has 37 heavy (non-hydrogen) atoms. The van der Waals surface area contributed by atoms with Gasteiger partial charge in [0.05, 0.1) is 6.10 Å². The number of benzene rings is 2. The smallest absolute Gasteiger partial charge is 0.0577 e. The van der Waals surface area contributed by atoms with E-state index in [2.05, 4.69) is 93.6 Å². The van der Waals surface area contributed by atoms with Gasteiger partial charge in [-0.3, -0.25) is 0 Å². The molecule has 3 saturated carbocycles. The van der Waals surface area contributed by atoms with Crippen molar-refractivity contribution >= 4 is 5.57 Å². The maximum atomic E-state index is 10.3. The molecule has 3 fully saturated rings. The van der Waals surface area contributed by atoms with Crippen molar-refractivity contribution in [2.75, 3.05) is 0 Å². The third-order valence-electron chi connectivity index (χ3n) is 11.7. The monoisotopic (exact) mass is 494 g/mol. The fourth-order valence-electron chi connectivity index (χ4n) is 9.72. The molecule has 0 heterocycles. The second-order valence-electron chi connectivity index (χ2n) is 13.4. The molecule has 0 amide bonds. The maximum absolute atomic E-state index is 10.3. The molecule has 4 aliphatic carbocycles. The summed E-state index contributed by atoms with van der Waals surface area (Å²) >= 11 is 0. The zero-order valence-electron chi connectivity index (χ0n) is 23.2.